The van der Waals surface area contributed by atoms with Crippen LogP contribution in [0.25, 0.3) is 0 Å². The molecule has 160 valence electrons. The van der Waals surface area contributed by atoms with Crippen molar-refractivity contribution in [2.45, 2.75) is 30.9 Å². The second-order valence-corrected chi connectivity index (χ2v) is 10.4. The van der Waals surface area contributed by atoms with Gasteiger partial charge in [0.2, 0.25) is 0 Å². The number of carbonyl (C=O) groups is 2. The molecule has 2 aliphatic rings. The van der Waals surface area contributed by atoms with E-state index in [9.17, 15) is 9.59 Å². The van der Waals surface area contributed by atoms with E-state index >= 15 is 0 Å². The molecular weight excluding hydrogens is 400 g/mol. The number of anilines is 1. The number of hydrogen-bond acceptors (Lipinski definition) is 8. The van der Waals surface area contributed by atoms with E-state index in [0.717, 1.165) is 5.01 Å². The number of rotatable bonds is 9. The molecule has 2 fully saturated rings. The summed E-state index contributed by atoms with van der Waals surface area (Å²) in [6.07, 6.45) is -2.39. The first-order valence-electron chi connectivity index (χ1n) is 9.28. The minimum atomic E-state index is -2.38. The van der Waals surface area contributed by atoms with Crippen LogP contribution in [-0.4, -0.2) is 73.1 Å². The molecule has 0 spiro atoms. The highest BCUT2D eigenvalue weighted by Crippen LogP contribution is 2.28. The van der Waals surface area contributed by atoms with Gasteiger partial charge in [-0.3, -0.25) is 0 Å². The van der Waals surface area contributed by atoms with E-state index in [0.29, 0.717) is 24.9 Å². The second kappa shape index (κ2) is 9.54. The zero-order valence-corrected chi connectivity index (χ0v) is 17.7. The Labute approximate surface area is 170 Å². The summed E-state index contributed by atoms with van der Waals surface area (Å²) in [5.74, 6) is 0. The van der Waals surface area contributed by atoms with Crippen LogP contribution in [0.3, 0.4) is 0 Å². The molecule has 2 saturated heterocycles. The van der Waals surface area contributed by atoms with Crippen LogP contribution in [0.5, 0.6) is 0 Å². The number of amides is 2. The second-order valence-electron chi connectivity index (χ2n) is 6.80. The third kappa shape index (κ3) is 6.15. The lowest BCUT2D eigenvalue weighted by atomic mass is 10.2. The SMILES string of the molecule is CO[Si](C)(CCOC(=O)N(NC(=O)OC(C1CO1)C1CO1)c1ccccc1)OC. The molecule has 3 rings (SSSR count). The van der Waals surface area contributed by atoms with Crippen molar-refractivity contribution < 1.29 is 37.4 Å². The number of ether oxygens (including phenoxy) is 4. The van der Waals surface area contributed by atoms with E-state index in [2.05, 4.69) is 5.43 Å². The highest BCUT2D eigenvalue weighted by molar-refractivity contribution is 6.66. The van der Waals surface area contributed by atoms with Crippen LogP contribution < -0.4 is 10.4 Å². The maximum absolute atomic E-state index is 12.6. The number of nitrogens with one attached hydrogen (secondary N) is 1. The summed E-state index contributed by atoms with van der Waals surface area (Å²) < 4.78 is 31.9. The fraction of sp³-hybridized carbons (Fsp3) is 0.556. The van der Waals surface area contributed by atoms with Crippen molar-refractivity contribution in [2.24, 2.45) is 0 Å². The minimum absolute atomic E-state index is 0.0811. The third-order valence-electron chi connectivity index (χ3n) is 4.74. The molecule has 2 unspecified atom stereocenters. The molecular formula is C18H26N2O8Si. The van der Waals surface area contributed by atoms with Gasteiger partial charge >= 0.3 is 20.7 Å². The minimum Gasteiger partial charge on any atom is -0.448 e. The molecule has 0 saturated carbocycles. The molecule has 29 heavy (non-hydrogen) atoms. The molecule has 2 aliphatic heterocycles. The summed E-state index contributed by atoms with van der Waals surface area (Å²) in [5, 5.41) is 0.999. The van der Waals surface area contributed by atoms with E-state index in [1.54, 1.807) is 44.6 Å². The normalized spacial score (nSPS) is 21.1. The molecule has 0 aromatic heterocycles. The molecule has 11 heteroatoms. The lowest BCUT2D eigenvalue weighted by molar-refractivity contribution is 0.0596. The molecule has 0 aliphatic carbocycles. The monoisotopic (exact) mass is 426 g/mol. The van der Waals surface area contributed by atoms with Crippen molar-refractivity contribution in [3.8, 4) is 0 Å². The van der Waals surface area contributed by atoms with Crippen molar-refractivity contribution in [2.75, 3.05) is 39.0 Å². The standard InChI is InChI=1S/C18H26N2O8Si/c1-23-29(3,24-2)10-9-25-18(22)20(13-7-5-4-6-8-13)19-17(21)28-16(14-11-26-14)15-12-27-15/h4-8,14-16H,9-12H2,1-3H3,(H,19,21). The fourth-order valence-electron chi connectivity index (χ4n) is 2.59. The Morgan fingerprint density at radius 3 is 2.28 bits per heavy atom. The molecule has 2 atom stereocenters. The summed E-state index contributed by atoms with van der Waals surface area (Å²) in [6, 6.07) is 9.04. The first-order chi connectivity index (χ1) is 14.0. The zero-order valence-electron chi connectivity index (χ0n) is 16.7. The summed E-state index contributed by atoms with van der Waals surface area (Å²) in [7, 11) is 0.750. The first kappa shape index (κ1) is 21.5. The van der Waals surface area contributed by atoms with Gasteiger partial charge in [0.25, 0.3) is 0 Å². The fourth-order valence-corrected chi connectivity index (χ4v) is 3.64. The van der Waals surface area contributed by atoms with E-state index in [1.807, 2.05) is 6.55 Å². The Bertz CT molecular complexity index is 682. The first-order valence-corrected chi connectivity index (χ1v) is 11.8. The highest BCUT2D eigenvalue weighted by Gasteiger charge is 2.47. The third-order valence-corrected chi connectivity index (χ3v) is 7.58. The van der Waals surface area contributed by atoms with Crippen molar-refractivity contribution in [3.63, 3.8) is 0 Å². The molecule has 10 nitrogen and oxygen atoms in total. The molecule has 1 aromatic carbocycles. The van der Waals surface area contributed by atoms with Gasteiger partial charge in [-0.25, -0.2) is 15.0 Å². The Kier molecular flexibility index (Phi) is 7.08. The van der Waals surface area contributed by atoms with Crippen LogP contribution in [0, 0.1) is 0 Å². The Hall–Kier alpha value is -2.18. The van der Waals surface area contributed by atoms with Crippen molar-refractivity contribution in [1.82, 2.24) is 5.43 Å². The summed E-state index contributed by atoms with van der Waals surface area (Å²) in [6.45, 7) is 2.98. The molecule has 0 bridgehead atoms. The van der Waals surface area contributed by atoms with Gasteiger partial charge in [-0.2, -0.15) is 5.01 Å². The average Bonchev–Trinajstić information content (AvgIpc) is 3.64. The topological polar surface area (TPSA) is 111 Å². The molecule has 2 heterocycles. The molecule has 1 N–H and O–H groups in total. The quantitative estimate of drug-likeness (QED) is 0.361. The number of carbonyl (C=O) groups excluding carboxylic acids is 2. The number of epoxide rings is 2. The lowest BCUT2D eigenvalue weighted by Crippen LogP contribution is -2.49. The molecule has 1 aromatic rings. The van der Waals surface area contributed by atoms with Gasteiger partial charge in [-0.15, -0.1) is 0 Å². The van der Waals surface area contributed by atoms with Gasteiger partial charge in [0.05, 0.1) is 25.5 Å². The summed E-state index contributed by atoms with van der Waals surface area (Å²) in [5.41, 5.74) is 2.87. The molecule has 0 radical (unpaired) electrons. The summed E-state index contributed by atoms with van der Waals surface area (Å²) >= 11 is 0. The van der Waals surface area contributed by atoms with Crippen LogP contribution >= 0.6 is 0 Å². The van der Waals surface area contributed by atoms with Crippen molar-refractivity contribution in [3.05, 3.63) is 30.3 Å². The van der Waals surface area contributed by atoms with Crippen LogP contribution in [-0.2, 0) is 27.8 Å². The zero-order chi connectivity index (χ0) is 20.9. The van der Waals surface area contributed by atoms with Gasteiger partial charge in [-0.1, -0.05) is 18.2 Å². The Morgan fingerprint density at radius 2 is 1.76 bits per heavy atom. The van der Waals surface area contributed by atoms with Crippen LogP contribution in [0.2, 0.25) is 12.6 Å². The van der Waals surface area contributed by atoms with E-state index < -0.39 is 26.9 Å². The Morgan fingerprint density at radius 1 is 1.17 bits per heavy atom. The van der Waals surface area contributed by atoms with E-state index in [1.165, 1.54) is 0 Å². The number of hydrazine groups is 1. The maximum atomic E-state index is 12.6. The number of nitrogens with zero attached hydrogens (tertiary/aromatic N) is 1. The largest absolute Gasteiger partial charge is 0.448 e. The number of para-hydroxylation sites is 1. The Balaban J connectivity index is 1.60. The van der Waals surface area contributed by atoms with Crippen molar-refractivity contribution >= 4 is 26.4 Å². The van der Waals surface area contributed by atoms with Gasteiger partial charge in [0.15, 0.2) is 6.10 Å². The molecule has 2 amide bonds. The smallest absolute Gasteiger partial charge is 0.433 e. The van der Waals surface area contributed by atoms with Gasteiger partial charge in [-0.05, 0) is 18.7 Å². The van der Waals surface area contributed by atoms with Crippen molar-refractivity contribution in [1.29, 1.82) is 0 Å². The lowest BCUT2D eigenvalue weighted by Gasteiger charge is -2.25. The average molecular weight is 426 g/mol. The number of benzene rings is 1. The van der Waals surface area contributed by atoms with E-state index in [-0.39, 0.29) is 18.8 Å². The maximum Gasteiger partial charge on any atom is 0.433 e. The predicted octanol–water partition coefficient (Wildman–Crippen LogP) is 1.80. The van der Waals surface area contributed by atoms with E-state index in [4.69, 9.17) is 27.8 Å². The number of hydrogen-bond donors (Lipinski definition) is 1. The summed E-state index contributed by atoms with van der Waals surface area (Å²) in [4.78, 5) is 25.0. The van der Waals surface area contributed by atoms with Crippen LogP contribution in [0.4, 0.5) is 15.3 Å². The van der Waals surface area contributed by atoms with Crippen LogP contribution in [0.15, 0.2) is 30.3 Å². The van der Waals surface area contributed by atoms with Gasteiger partial charge in [0, 0.05) is 20.3 Å². The van der Waals surface area contributed by atoms with Crippen LogP contribution in [0.1, 0.15) is 0 Å². The van der Waals surface area contributed by atoms with Gasteiger partial charge < -0.3 is 27.8 Å². The van der Waals surface area contributed by atoms with Gasteiger partial charge in [0.1, 0.15) is 12.2 Å². The predicted molar refractivity (Wildman–Crippen MR) is 104 cm³/mol. The highest BCUT2D eigenvalue weighted by atomic mass is 28.4.